The second kappa shape index (κ2) is 9.38. The lowest BCUT2D eigenvalue weighted by molar-refractivity contribution is -0.121. The minimum Gasteiger partial charge on any atom is -0.353 e. The molecule has 0 aromatic rings. The van der Waals surface area contributed by atoms with E-state index < -0.39 is 0 Å². The van der Waals surface area contributed by atoms with Crippen molar-refractivity contribution in [2.45, 2.75) is 51.0 Å². The van der Waals surface area contributed by atoms with Gasteiger partial charge in [0.2, 0.25) is 5.91 Å². The van der Waals surface area contributed by atoms with Crippen LogP contribution in [0.4, 0.5) is 0 Å². The van der Waals surface area contributed by atoms with Gasteiger partial charge in [-0.15, -0.1) is 0 Å². The summed E-state index contributed by atoms with van der Waals surface area (Å²) in [7, 11) is 0. The first-order valence-electron chi connectivity index (χ1n) is 8.72. The molecule has 3 N–H and O–H groups in total. The molecule has 0 bridgehead atoms. The summed E-state index contributed by atoms with van der Waals surface area (Å²) in [5.74, 6) is 0.236. The van der Waals surface area contributed by atoms with Crippen LogP contribution in [0.5, 0.6) is 0 Å². The Hall–Kier alpha value is -0.650. The standard InChI is InChI=1S/C16H32N4O/c17-8-2-1-3-9-19-10-4-11-20(14-13-19)12-7-16(21)18-15-5-6-15/h15H,1-14,17H2,(H,18,21). The molecule has 0 unspecified atom stereocenters. The molecule has 0 radical (unpaired) electrons. The Morgan fingerprint density at radius 3 is 2.38 bits per heavy atom. The molecule has 1 saturated heterocycles. The zero-order valence-corrected chi connectivity index (χ0v) is 13.4. The summed E-state index contributed by atoms with van der Waals surface area (Å²) in [6, 6.07) is 0.491. The van der Waals surface area contributed by atoms with Crippen LogP contribution in [0.2, 0.25) is 0 Å². The number of unbranched alkanes of at least 4 members (excludes halogenated alkanes) is 2. The van der Waals surface area contributed by atoms with Gasteiger partial charge >= 0.3 is 0 Å². The van der Waals surface area contributed by atoms with Crippen molar-refractivity contribution in [2.75, 3.05) is 45.8 Å². The van der Waals surface area contributed by atoms with E-state index in [1.54, 1.807) is 0 Å². The van der Waals surface area contributed by atoms with Crippen LogP contribution in [0, 0.1) is 0 Å². The fraction of sp³-hybridized carbons (Fsp3) is 0.938. The van der Waals surface area contributed by atoms with Crippen LogP contribution in [0.15, 0.2) is 0 Å². The number of hydrogen-bond acceptors (Lipinski definition) is 4. The van der Waals surface area contributed by atoms with Gasteiger partial charge in [-0.1, -0.05) is 6.42 Å². The molecule has 0 atom stereocenters. The molecule has 1 saturated carbocycles. The maximum Gasteiger partial charge on any atom is 0.221 e. The Kier molecular flexibility index (Phi) is 7.47. The number of rotatable bonds is 9. The molecule has 1 aliphatic carbocycles. The van der Waals surface area contributed by atoms with Gasteiger partial charge in [-0.2, -0.15) is 0 Å². The highest BCUT2D eigenvalue weighted by Crippen LogP contribution is 2.18. The van der Waals surface area contributed by atoms with Gasteiger partial charge in [0.05, 0.1) is 0 Å². The van der Waals surface area contributed by atoms with Gasteiger partial charge in [-0.05, 0) is 58.3 Å². The van der Waals surface area contributed by atoms with Crippen LogP contribution in [0.25, 0.3) is 0 Å². The average molecular weight is 296 g/mol. The maximum absolute atomic E-state index is 11.7. The van der Waals surface area contributed by atoms with E-state index in [0.29, 0.717) is 12.5 Å². The fourth-order valence-corrected chi connectivity index (χ4v) is 2.92. The molecule has 1 amide bonds. The van der Waals surface area contributed by atoms with Gasteiger partial charge in [0.1, 0.15) is 0 Å². The lowest BCUT2D eigenvalue weighted by Crippen LogP contribution is -2.34. The Morgan fingerprint density at radius 2 is 1.71 bits per heavy atom. The van der Waals surface area contributed by atoms with Gasteiger partial charge in [0, 0.05) is 32.1 Å². The minimum absolute atomic E-state index is 0.236. The van der Waals surface area contributed by atoms with Gasteiger partial charge in [-0.3, -0.25) is 4.79 Å². The second-order valence-electron chi connectivity index (χ2n) is 6.48. The van der Waals surface area contributed by atoms with Gasteiger partial charge in [-0.25, -0.2) is 0 Å². The van der Waals surface area contributed by atoms with E-state index in [9.17, 15) is 4.79 Å². The lowest BCUT2D eigenvalue weighted by atomic mass is 10.2. The van der Waals surface area contributed by atoms with E-state index in [1.165, 1.54) is 45.2 Å². The van der Waals surface area contributed by atoms with Crippen LogP contribution in [-0.2, 0) is 4.79 Å². The lowest BCUT2D eigenvalue weighted by Gasteiger charge is -2.21. The first-order valence-corrected chi connectivity index (χ1v) is 8.72. The number of carbonyl (C=O) groups excluding carboxylic acids is 1. The summed E-state index contributed by atoms with van der Waals surface area (Å²) in [6.07, 6.45) is 7.90. The van der Waals surface area contributed by atoms with E-state index in [0.717, 1.165) is 39.1 Å². The molecule has 2 fully saturated rings. The quantitative estimate of drug-likeness (QED) is 0.618. The summed E-state index contributed by atoms with van der Waals surface area (Å²) in [5.41, 5.74) is 5.53. The Morgan fingerprint density at radius 1 is 1.00 bits per heavy atom. The maximum atomic E-state index is 11.7. The van der Waals surface area contributed by atoms with E-state index in [-0.39, 0.29) is 5.91 Å². The Balaban J connectivity index is 1.55. The average Bonchev–Trinajstić information content (AvgIpc) is 3.29. The predicted molar refractivity (Wildman–Crippen MR) is 86.2 cm³/mol. The first kappa shape index (κ1) is 16.7. The molecule has 5 heteroatoms. The molecule has 122 valence electrons. The van der Waals surface area contributed by atoms with Crippen molar-refractivity contribution in [3.8, 4) is 0 Å². The molecule has 2 rings (SSSR count). The summed E-state index contributed by atoms with van der Waals surface area (Å²) >= 11 is 0. The van der Waals surface area contributed by atoms with Gasteiger partial charge in [0.25, 0.3) is 0 Å². The van der Waals surface area contributed by atoms with Crippen molar-refractivity contribution >= 4 is 5.91 Å². The van der Waals surface area contributed by atoms with E-state index in [1.807, 2.05) is 0 Å². The molecule has 5 nitrogen and oxygen atoms in total. The first-order chi connectivity index (χ1) is 10.3. The summed E-state index contributed by atoms with van der Waals surface area (Å²) in [4.78, 5) is 16.8. The van der Waals surface area contributed by atoms with Crippen LogP contribution >= 0.6 is 0 Å². The van der Waals surface area contributed by atoms with Crippen LogP contribution < -0.4 is 11.1 Å². The van der Waals surface area contributed by atoms with Crippen molar-refractivity contribution in [1.82, 2.24) is 15.1 Å². The van der Waals surface area contributed by atoms with Crippen LogP contribution in [0.1, 0.15) is 44.9 Å². The number of amides is 1. The third kappa shape index (κ3) is 7.25. The molecule has 0 aromatic carbocycles. The summed E-state index contributed by atoms with van der Waals surface area (Å²) in [5, 5.41) is 3.07. The number of carbonyl (C=O) groups is 1. The molecule has 21 heavy (non-hydrogen) atoms. The molecule has 0 aromatic heterocycles. The highest BCUT2D eigenvalue weighted by atomic mass is 16.1. The molecule has 1 aliphatic heterocycles. The topological polar surface area (TPSA) is 61.6 Å². The van der Waals surface area contributed by atoms with Crippen molar-refractivity contribution in [3.05, 3.63) is 0 Å². The van der Waals surface area contributed by atoms with E-state index in [2.05, 4.69) is 15.1 Å². The summed E-state index contributed by atoms with van der Waals surface area (Å²) in [6.45, 7) is 7.52. The molecular weight excluding hydrogens is 264 g/mol. The molecule has 2 aliphatic rings. The fourth-order valence-electron chi connectivity index (χ4n) is 2.92. The SMILES string of the molecule is NCCCCCN1CCCN(CCC(=O)NC2CC2)CC1. The highest BCUT2D eigenvalue weighted by Gasteiger charge is 2.23. The minimum atomic E-state index is 0.236. The zero-order valence-electron chi connectivity index (χ0n) is 13.4. The van der Waals surface area contributed by atoms with Gasteiger partial charge < -0.3 is 20.9 Å². The number of nitrogens with zero attached hydrogens (tertiary/aromatic N) is 2. The predicted octanol–water partition coefficient (Wildman–Crippen LogP) is 0.792. The van der Waals surface area contributed by atoms with Crippen molar-refractivity contribution < 1.29 is 4.79 Å². The Bertz CT molecular complexity index is 307. The van der Waals surface area contributed by atoms with E-state index in [4.69, 9.17) is 5.73 Å². The van der Waals surface area contributed by atoms with Crippen LogP contribution in [0.3, 0.4) is 0 Å². The van der Waals surface area contributed by atoms with Crippen molar-refractivity contribution in [3.63, 3.8) is 0 Å². The Labute approximate surface area is 129 Å². The molecule has 1 heterocycles. The zero-order chi connectivity index (χ0) is 14.9. The number of nitrogens with one attached hydrogen (secondary N) is 1. The third-order valence-corrected chi connectivity index (χ3v) is 4.46. The third-order valence-electron chi connectivity index (χ3n) is 4.46. The van der Waals surface area contributed by atoms with E-state index >= 15 is 0 Å². The number of hydrogen-bond donors (Lipinski definition) is 2. The van der Waals surface area contributed by atoms with Gasteiger partial charge in [0.15, 0.2) is 0 Å². The van der Waals surface area contributed by atoms with Crippen molar-refractivity contribution in [1.29, 1.82) is 0 Å². The smallest absolute Gasteiger partial charge is 0.221 e. The largest absolute Gasteiger partial charge is 0.353 e. The normalized spacial score (nSPS) is 21.2. The summed E-state index contributed by atoms with van der Waals surface area (Å²) < 4.78 is 0. The highest BCUT2D eigenvalue weighted by molar-refractivity contribution is 5.76. The van der Waals surface area contributed by atoms with Crippen molar-refractivity contribution in [2.24, 2.45) is 5.73 Å². The molecular formula is C16H32N4O. The second-order valence-corrected chi connectivity index (χ2v) is 6.48. The molecule has 0 spiro atoms. The number of nitrogens with two attached hydrogens (primary N) is 1. The monoisotopic (exact) mass is 296 g/mol. The van der Waals surface area contributed by atoms with Crippen LogP contribution in [-0.4, -0.2) is 67.6 Å².